The van der Waals surface area contributed by atoms with Crippen molar-refractivity contribution in [2.75, 3.05) is 26.4 Å². The lowest BCUT2D eigenvalue weighted by Gasteiger charge is -2.20. The van der Waals surface area contributed by atoms with Crippen LogP contribution in [0.5, 0.6) is 11.5 Å². The number of nitrogens with one attached hydrogen (secondary N) is 1. The van der Waals surface area contributed by atoms with Crippen LogP contribution in [0.25, 0.3) is 6.08 Å². The highest BCUT2D eigenvalue weighted by molar-refractivity contribution is 8.26. The van der Waals surface area contributed by atoms with E-state index in [1.807, 2.05) is 61.5 Å². The predicted molar refractivity (Wildman–Crippen MR) is 130 cm³/mol. The lowest BCUT2D eigenvalue weighted by atomic mass is 10.1. The van der Waals surface area contributed by atoms with Crippen LogP contribution in [-0.4, -0.2) is 53.4 Å². The van der Waals surface area contributed by atoms with E-state index in [2.05, 4.69) is 10.1 Å². The molecule has 33 heavy (non-hydrogen) atoms. The van der Waals surface area contributed by atoms with Gasteiger partial charge in [-0.2, -0.15) is 15.1 Å². The molecule has 2 aromatic carbocycles. The summed E-state index contributed by atoms with van der Waals surface area (Å²) in [5.74, 6) is 1.12. The van der Waals surface area contributed by atoms with Crippen molar-refractivity contribution < 1.29 is 19.0 Å². The highest BCUT2D eigenvalue weighted by Gasteiger charge is 2.34. The Morgan fingerprint density at radius 1 is 0.970 bits per heavy atom. The fraction of sp³-hybridized carbons (Fsp3) is 0.250. The first kappa shape index (κ1) is 22.8. The molecule has 9 heteroatoms. The average molecular weight is 465 g/mol. The van der Waals surface area contributed by atoms with Gasteiger partial charge in [-0.3, -0.25) is 10.2 Å². The summed E-state index contributed by atoms with van der Waals surface area (Å²) in [5, 5.41) is 15.4. The maximum absolute atomic E-state index is 12.4. The Hall–Kier alpha value is -3.43. The molecule has 4 rings (SSSR count). The summed E-state index contributed by atoms with van der Waals surface area (Å²) in [5.41, 5.74) is 0.982. The number of thioether (sulfide) groups is 1. The summed E-state index contributed by atoms with van der Waals surface area (Å²) in [6.07, 6.45) is 2.38. The first-order valence-corrected chi connectivity index (χ1v) is 11.4. The fourth-order valence-corrected chi connectivity index (χ4v) is 3.88. The second kappa shape index (κ2) is 10.9. The molecule has 0 bridgehead atoms. The van der Waals surface area contributed by atoms with Gasteiger partial charge in [-0.15, -0.1) is 0 Å². The Bertz CT molecular complexity index is 1100. The molecule has 0 aliphatic carbocycles. The first-order chi connectivity index (χ1) is 16.1. The van der Waals surface area contributed by atoms with Gasteiger partial charge < -0.3 is 14.2 Å². The van der Waals surface area contributed by atoms with Crippen LogP contribution in [0.2, 0.25) is 0 Å². The monoisotopic (exact) mass is 464 g/mol. The van der Waals surface area contributed by atoms with Crippen LogP contribution >= 0.6 is 11.8 Å². The number of hydrogen-bond donors (Lipinski definition) is 1. The number of carbonyl (C=O) groups excluding carboxylic acids is 1. The number of ether oxygens (including phenoxy) is 3. The zero-order valence-electron chi connectivity index (χ0n) is 18.2. The van der Waals surface area contributed by atoms with Crippen LogP contribution in [-0.2, 0) is 9.53 Å². The van der Waals surface area contributed by atoms with Crippen molar-refractivity contribution in [2.24, 2.45) is 10.1 Å². The van der Waals surface area contributed by atoms with Crippen molar-refractivity contribution in [3.63, 3.8) is 0 Å². The quantitative estimate of drug-likeness (QED) is 0.418. The van der Waals surface area contributed by atoms with E-state index in [-0.39, 0.29) is 11.4 Å². The highest BCUT2D eigenvalue weighted by Crippen LogP contribution is 2.29. The molecular formula is C24H24N4O4S. The largest absolute Gasteiger partial charge is 0.491 e. The second-order valence-electron chi connectivity index (χ2n) is 7.06. The van der Waals surface area contributed by atoms with E-state index >= 15 is 0 Å². The SMILES string of the molecule is CCC1=NN2C(=N)/C(=C/c3ccc(OCCOCCOc4ccccc4)cc3)C(=O)N=C2S1. The fourth-order valence-electron chi connectivity index (χ4n) is 3.06. The number of rotatable bonds is 10. The molecule has 8 nitrogen and oxygen atoms in total. The topological polar surface area (TPSA) is 96.6 Å². The molecular weight excluding hydrogens is 440 g/mol. The number of nitrogens with zero attached hydrogens (tertiary/aromatic N) is 3. The van der Waals surface area contributed by atoms with E-state index in [0.29, 0.717) is 37.3 Å². The molecule has 2 aliphatic heterocycles. The average Bonchev–Trinajstić information content (AvgIpc) is 3.26. The van der Waals surface area contributed by atoms with Crippen molar-refractivity contribution in [3.05, 3.63) is 65.7 Å². The van der Waals surface area contributed by atoms with Gasteiger partial charge in [0.05, 0.1) is 18.8 Å². The molecule has 0 saturated heterocycles. The Balaban J connectivity index is 1.23. The minimum atomic E-state index is -0.431. The van der Waals surface area contributed by atoms with Crippen molar-refractivity contribution in [1.29, 1.82) is 5.41 Å². The van der Waals surface area contributed by atoms with Crippen LogP contribution in [0.1, 0.15) is 18.9 Å². The molecule has 0 aromatic heterocycles. The van der Waals surface area contributed by atoms with Gasteiger partial charge in [0.1, 0.15) is 29.8 Å². The maximum Gasteiger partial charge on any atom is 0.283 e. The van der Waals surface area contributed by atoms with Gasteiger partial charge >= 0.3 is 0 Å². The Labute approximate surface area is 196 Å². The lowest BCUT2D eigenvalue weighted by molar-refractivity contribution is -0.114. The van der Waals surface area contributed by atoms with Crippen LogP contribution < -0.4 is 9.47 Å². The van der Waals surface area contributed by atoms with Gasteiger partial charge in [-0.1, -0.05) is 37.3 Å². The number of aliphatic imine (C=N–C) groups is 1. The number of fused-ring (bicyclic) bond motifs is 1. The standard InChI is InChI=1S/C24H24N4O4S/c1-2-21-27-28-22(25)20(23(29)26-24(28)33-21)16-17-8-10-19(11-9-17)32-15-13-30-12-14-31-18-6-4-3-5-7-18/h3-11,16,25H,2,12-15H2,1H3/b20-16-,25-22?. The Morgan fingerprint density at radius 3 is 2.30 bits per heavy atom. The predicted octanol–water partition coefficient (Wildman–Crippen LogP) is 4.19. The third-order valence-corrected chi connectivity index (χ3v) is 5.78. The van der Waals surface area contributed by atoms with Crippen LogP contribution in [0.3, 0.4) is 0 Å². The van der Waals surface area contributed by atoms with Gasteiger partial charge in [-0.05, 0) is 54.1 Å². The molecule has 0 saturated carbocycles. The molecule has 1 N–H and O–H groups in total. The number of amidine groups is 2. The summed E-state index contributed by atoms with van der Waals surface area (Å²) in [6.45, 7) is 3.80. The van der Waals surface area contributed by atoms with E-state index < -0.39 is 5.91 Å². The zero-order chi connectivity index (χ0) is 23.0. The molecule has 0 atom stereocenters. The minimum Gasteiger partial charge on any atom is -0.491 e. The molecule has 0 spiro atoms. The Morgan fingerprint density at radius 2 is 1.64 bits per heavy atom. The number of amides is 1. The highest BCUT2D eigenvalue weighted by atomic mass is 32.2. The van der Waals surface area contributed by atoms with Crippen LogP contribution in [0, 0.1) is 5.41 Å². The van der Waals surface area contributed by atoms with Crippen molar-refractivity contribution in [3.8, 4) is 11.5 Å². The van der Waals surface area contributed by atoms with E-state index in [0.717, 1.165) is 22.8 Å². The second-order valence-corrected chi connectivity index (χ2v) is 8.10. The first-order valence-electron chi connectivity index (χ1n) is 10.6. The third kappa shape index (κ3) is 5.88. The number of para-hydroxylation sites is 1. The summed E-state index contributed by atoms with van der Waals surface area (Å²) < 4.78 is 16.8. The van der Waals surface area contributed by atoms with Gasteiger partial charge in [0, 0.05) is 0 Å². The van der Waals surface area contributed by atoms with E-state index in [4.69, 9.17) is 19.6 Å². The Kier molecular flexibility index (Phi) is 7.54. The molecule has 2 aliphatic rings. The van der Waals surface area contributed by atoms with Gasteiger partial charge in [0.15, 0.2) is 5.84 Å². The van der Waals surface area contributed by atoms with E-state index in [1.165, 1.54) is 16.8 Å². The third-order valence-electron chi connectivity index (χ3n) is 4.73. The van der Waals surface area contributed by atoms with Gasteiger partial charge in [-0.25, -0.2) is 0 Å². The molecule has 170 valence electrons. The summed E-state index contributed by atoms with van der Waals surface area (Å²) in [4.78, 5) is 16.5. The van der Waals surface area contributed by atoms with Crippen LogP contribution in [0.4, 0.5) is 0 Å². The summed E-state index contributed by atoms with van der Waals surface area (Å²) in [7, 11) is 0. The van der Waals surface area contributed by atoms with Crippen molar-refractivity contribution in [2.45, 2.75) is 13.3 Å². The summed E-state index contributed by atoms with van der Waals surface area (Å²) >= 11 is 1.33. The minimum absolute atomic E-state index is 0.0367. The number of hydrogen-bond acceptors (Lipinski definition) is 7. The van der Waals surface area contributed by atoms with Crippen LogP contribution in [0.15, 0.2) is 70.3 Å². The van der Waals surface area contributed by atoms with Crippen molar-refractivity contribution in [1.82, 2.24) is 5.01 Å². The maximum atomic E-state index is 12.4. The van der Waals surface area contributed by atoms with Crippen molar-refractivity contribution >= 4 is 39.8 Å². The molecule has 1 amide bonds. The number of hydrazone groups is 1. The molecule has 0 fully saturated rings. The summed E-state index contributed by atoms with van der Waals surface area (Å²) in [6, 6.07) is 16.9. The van der Waals surface area contributed by atoms with E-state index in [9.17, 15) is 4.79 Å². The van der Waals surface area contributed by atoms with E-state index in [1.54, 1.807) is 6.08 Å². The number of benzene rings is 2. The zero-order valence-corrected chi connectivity index (χ0v) is 19.0. The van der Waals surface area contributed by atoms with Gasteiger partial charge in [0.25, 0.3) is 5.91 Å². The molecule has 0 unspecified atom stereocenters. The molecule has 2 heterocycles. The smallest absolute Gasteiger partial charge is 0.283 e. The number of carbonyl (C=O) groups is 1. The molecule has 2 aromatic rings. The molecule has 0 radical (unpaired) electrons. The lowest BCUT2D eigenvalue weighted by Crippen LogP contribution is -2.35. The van der Waals surface area contributed by atoms with Gasteiger partial charge in [0.2, 0.25) is 5.17 Å². The normalized spacial score (nSPS) is 16.5.